The largest absolute Gasteiger partial charge is 0.511 e. The minimum atomic E-state index is -4.57. The number of ketones is 1. The number of hydrogen-bond acceptors (Lipinski definition) is 2. The zero-order chi connectivity index (χ0) is 20.4. The van der Waals surface area contributed by atoms with Gasteiger partial charge in [-0.25, -0.2) is 0 Å². The molecule has 0 radical (unpaired) electrons. The molecule has 8 heteroatoms. The van der Waals surface area contributed by atoms with Crippen LogP contribution in [0.4, 0.5) is 26.3 Å². The van der Waals surface area contributed by atoms with Crippen molar-refractivity contribution in [3.05, 3.63) is 11.3 Å². The van der Waals surface area contributed by atoms with Gasteiger partial charge in [0.15, 0.2) is 5.78 Å². The third kappa shape index (κ3) is 5.64. The Bertz CT molecular complexity index is 541. The molecule has 1 aliphatic rings. The second kappa shape index (κ2) is 7.80. The SMILES string of the molecule is CCC(C)(CC(F)(F)F)/C(O)=C(\C)C(=O)C1(CC(F)(F)F)CCCCC1. The van der Waals surface area contributed by atoms with Crippen molar-refractivity contribution in [1.29, 1.82) is 0 Å². The van der Waals surface area contributed by atoms with Crippen LogP contribution in [-0.4, -0.2) is 23.2 Å². The summed E-state index contributed by atoms with van der Waals surface area (Å²) < 4.78 is 77.7. The van der Waals surface area contributed by atoms with Crippen LogP contribution in [0.3, 0.4) is 0 Å². The first-order valence-electron chi connectivity index (χ1n) is 8.74. The molecule has 0 saturated heterocycles. The Morgan fingerprint density at radius 2 is 1.50 bits per heavy atom. The molecule has 0 spiro atoms. The van der Waals surface area contributed by atoms with Gasteiger partial charge >= 0.3 is 12.4 Å². The van der Waals surface area contributed by atoms with Crippen LogP contribution < -0.4 is 0 Å². The number of alkyl halides is 6. The van der Waals surface area contributed by atoms with Gasteiger partial charge in [-0.1, -0.05) is 33.1 Å². The quantitative estimate of drug-likeness (QED) is 0.314. The number of hydrogen-bond donors (Lipinski definition) is 1. The third-order valence-corrected chi connectivity index (χ3v) is 5.47. The van der Waals surface area contributed by atoms with E-state index in [2.05, 4.69) is 0 Å². The lowest BCUT2D eigenvalue weighted by molar-refractivity contribution is -0.170. The molecular formula is C18H26F6O2. The summed E-state index contributed by atoms with van der Waals surface area (Å²) in [7, 11) is 0. The van der Waals surface area contributed by atoms with Gasteiger partial charge in [-0.05, 0) is 26.2 Å². The zero-order valence-electron chi connectivity index (χ0n) is 15.3. The molecule has 2 nitrogen and oxygen atoms in total. The van der Waals surface area contributed by atoms with Crippen molar-refractivity contribution in [2.75, 3.05) is 0 Å². The van der Waals surface area contributed by atoms with Crippen LogP contribution >= 0.6 is 0 Å². The summed E-state index contributed by atoms with van der Waals surface area (Å²) in [6.07, 6.45) is -10.2. The summed E-state index contributed by atoms with van der Waals surface area (Å²) in [5.74, 6) is -1.64. The highest BCUT2D eigenvalue weighted by atomic mass is 19.4. The monoisotopic (exact) mass is 388 g/mol. The van der Waals surface area contributed by atoms with Gasteiger partial charge in [0.1, 0.15) is 5.76 Å². The molecule has 0 bridgehead atoms. The van der Waals surface area contributed by atoms with E-state index < -0.39 is 47.6 Å². The fourth-order valence-electron chi connectivity index (χ4n) is 3.87. The van der Waals surface area contributed by atoms with Crippen molar-refractivity contribution in [3.63, 3.8) is 0 Å². The minimum Gasteiger partial charge on any atom is -0.511 e. The molecule has 0 aromatic carbocycles. The third-order valence-electron chi connectivity index (χ3n) is 5.47. The summed E-state index contributed by atoms with van der Waals surface area (Å²) in [4.78, 5) is 12.9. The highest BCUT2D eigenvalue weighted by Gasteiger charge is 2.50. The molecule has 0 aliphatic heterocycles. The maximum atomic E-state index is 13.1. The lowest BCUT2D eigenvalue weighted by Crippen LogP contribution is -2.39. The molecule has 0 aromatic heterocycles. The maximum absolute atomic E-state index is 13.1. The summed E-state index contributed by atoms with van der Waals surface area (Å²) in [5, 5.41) is 10.4. The van der Waals surface area contributed by atoms with Gasteiger partial charge in [-0.3, -0.25) is 4.79 Å². The van der Waals surface area contributed by atoms with E-state index in [1.165, 1.54) is 13.8 Å². The summed E-state index contributed by atoms with van der Waals surface area (Å²) in [5.41, 5.74) is -3.82. The predicted molar refractivity (Wildman–Crippen MR) is 85.6 cm³/mol. The van der Waals surface area contributed by atoms with Crippen LogP contribution in [0.15, 0.2) is 11.3 Å². The number of carbonyl (C=O) groups excluding carboxylic acids is 1. The smallest absolute Gasteiger partial charge is 0.390 e. The molecule has 1 N–H and O–H groups in total. The van der Waals surface area contributed by atoms with E-state index in [9.17, 15) is 36.2 Å². The Morgan fingerprint density at radius 3 is 1.88 bits per heavy atom. The molecule has 26 heavy (non-hydrogen) atoms. The molecule has 1 saturated carbocycles. The second-order valence-corrected chi connectivity index (χ2v) is 7.64. The van der Waals surface area contributed by atoms with E-state index in [1.807, 2.05) is 0 Å². The number of rotatable bonds is 6. The molecule has 0 amide bonds. The van der Waals surface area contributed by atoms with Crippen molar-refractivity contribution in [2.24, 2.45) is 10.8 Å². The summed E-state index contributed by atoms with van der Waals surface area (Å²) in [6, 6.07) is 0. The number of carbonyl (C=O) groups is 1. The fourth-order valence-corrected chi connectivity index (χ4v) is 3.87. The Kier molecular flexibility index (Phi) is 6.85. The molecular weight excluding hydrogens is 362 g/mol. The average Bonchev–Trinajstić information content (AvgIpc) is 2.50. The van der Waals surface area contributed by atoms with Crippen LogP contribution in [0.1, 0.15) is 72.1 Å². The van der Waals surface area contributed by atoms with Gasteiger partial charge < -0.3 is 5.11 Å². The number of halogens is 6. The van der Waals surface area contributed by atoms with Crippen molar-refractivity contribution in [3.8, 4) is 0 Å². The maximum Gasteiger partial charge on any atom is 0.390 e. The Labute approximate surface area is 149 Å². The van der Waals surface area contributed by atoms with Crippen molar-refractivity contribution < 1.29 is 36.2 Å². The van der Waals surface area contributed by atoms with Crippen LogP contribution in [0, 0.1) is 10.8 Å². The lowest BCUT2D eigenvalue weighted by Gasteiger charge is -2.38. The van der Waals surface area contributed by atoms with Gasteiger partial charge in [0.2, 0.25) is 0 Å². The van der Waals surface area contributed by atoms with E-state index in [1.54, 1.807) is 0 Å². The highest BCUT2D eigenvalue weighted by molar-refractivity contribution is 6.00. The summed E-state index contributed by atoms with van der Waals surface area (Å²) in [6.45, 7) is 3.74. The zero-order valence-corrected chi connectivity index (χ0v) is 15.3. The standard InChI is InChI=1S/C18H26F6O2/c1-4-15(3,10-17(19,20)21)13(25)12(2)14(26)16(11-18(22,23)24)8-6-5-7-9-16/h25H,4-11H2,1-3H3/b13-12-. The van der Waals surface area contributed by atoms with E-state index in [-0.39, 0.29) is 24.8 Å². The van der Waals surface area contributed by atoms with Gasteiger partial charge in [0, 0.05) is 16.4 Å². The predicted octanol–water partition coefficient (Wildman–Crippen LogP) is 6.66. The van der Waals surface area contributed by atoms with E-state index in [4.69, 9.17) is 0 Å². The first-order valence-corrected chi connectivity index (χ1v) is 8.74. The highest BCUT2D eigenvalue weighted by Crippen LogP contribution is 2.48. The van der Waals surface area contributed by atoms with E-state index >= 15 is 0 Å². The van der Waals surface area contributed by atoms with E-state index in [0.717, 1.165) is 6.92 Å². The van der Waals surface area contributed by atoms with Gasteiger partial charge in [-0.2, -0.15) is 26.3 Å². The van der Waals surface area contributed by atoms with Crippen molar-refractivity contribution in [1.82, 2.24) is 0 Å². The lowest BCUT2D eigenvalue weighted by atomic mass is 9.66. The van der Waals surface area contributed by atoms with Crippen LogP contribution in [0.5, 0.6) is 0 Å². The summed E-state index contributed by atoms with van der Waals surface area (Å²) >= 11 is 0. The van der Waals surface area contributed by atoms with E-state index in [0.29, 0.717) is 19.3 Å². The number of aliphatic hydroxyl groups is 1. The second-order valence-electron chi connectivity index (χ2n) is 7.64. The molecule has 1 rings (SSSR count). The first-order chi connectivity index (χ1) is 11.7. The molecule has 1 aliphatic carbocycles. The number of Topliss-reactive ketones (excluding diaryl/α,β-unsaturated/α-hetero) is 1. The first kappa shape index (κ1) is 22.8. The number of aliphatic hydroxyl groups excluding tert-OH is 1. The van der Waals surface area contributed by atoms with Crippen LogP contribution in [0.2, 0.25) is 0 Å². The van der Waals surface area contributed by atoms with Crippen molar-refractivity contribution in [2.45, 2.75) is 84.5 Å². The van der Waals surface area contributed by atoms with Crippen molar-refractivity contribution >= 4 is 5.78 Å². The van der Waals surface area contributed by atoms with Crippen LogP contribution in [0.25, 0.3) is 0 Å². The molecule has 0 aromatic rings. The Hall–Kier alpha value is -1.21. The van der Waals surface area contributed by atoms with Gasteiger partial charge in [0.05, 0.1) is 12.8 Å². The minimum absolute atomic E-state index is 0.0259. The fraction of sp³-hybridized carbons (Fsp3) is 0.833. The molecule has 1 unspecified atom stereocenters. The molecule has 0 heterocycles. The van der Waals surface area contributed by atoms with Gasteiger partial charge in [0.25, 0.3) is 0 Å². The topological polar surface area (TPSA) is 37.3 Å². The van der Waals surface area contributed by atoms with Crippen LogP contribution in [-0.2, 0) is 4.79 Å². The Morgan fingerprint density at radius 1 is 1.00 bits per heavy atom. The molecule has 1 fully saturated rings. The average molecular weight is 388 g/mol. The molecule has 1 atom stereocenters. The number of allylic oxidation sites excluding steroid dienone is 2. The normalized spacial score (nSPS) is 21.7. The van der Waals surface area contributed by atoms with Gasteiger partial charge in [-0.15, -0.1) is 0 Å². The molecule has 152 valence electrons. The Balaban J connectivity index is 3.29.